The maximum absolute atomic E-state index is 9.35. The first-order valence-electron chi connectivity index (χ1n) is 7.95. The van der Waals surface area contributed by atoms with E-state index in [-0.39, 0.29) is 0 Å². The molecule has 2 aromatic rings. The van der Waals surface area contributed by atoms with Gasteiger partial charge in [-0.2, -0.15) is 5.26 Å². The van der Waals surface area contributed by atoms with Crippen LogP contribution in [-0.2, 0) is 6.42 Å². The largest absolute Gasteiger partial charge is 0.353 e. The minimum atomic E-state index is 0.390. The molecular weight excluding hydrogens is 274 g/mol. The molecule has 5 nitrogen and oxygen atoms in total. The minimum absolute atomic E-state index is 0.390. The number of aromatic nitrogens is 3. The highest BCUT2D eigenvalue weighted by Crippen LogP contribution is 2.18. The first-order chi connectivity index (χ1) is 10.7. The second-order valence-electron chi connectivity index (χ2n) is 5.28. The molecular formula is C17H23N5. The summed E-state index contributed by atoms with van der Waals surface area (Å²) >= 11 is 0. The predicted octanol–water partition coefficient (Wildman–Crippen LogP) is 3.33. The summed E-state index contributed by atoms with van der Waals surface area (Å²) in [6.45, 7) is 8.15. The van der Waals surface area contributed by atoms with Crippen molar-refractivity contribution in [3.05, 3.63) is 35.5 Å². The first-order valence-corrected chi connectivity index (χ1v) is 7.95. The standard InChI is InChI=1S/C17H23N5/c1-4-11-21(12-5-2)17-16(13-18)19-22(20-17)15-9-7-14(6-3)8-10-15/h7-10H,4-6,11-12H2,1-3H3. The van der Waals surface area contributed by atoms with Gasteiger partial charge in [0.2, 0.25) is 5.69 Å². The number of aryl methyl sites for hydroxylation is 1. The van der Waals surface area contributed by atoms with Crippen LogP contribution < -0.4 is 4.90 Å². The van der Waals surface area contributed by atoms with Crippen LogP contribution in [0.25, 0.3) is 5.69 Å². The van der Waals surface area contributed by atoms with Crippen molar-refractivity contribution in [2.75, 3.05) is 18.0 Å². The van der Waals surface area contributed by atoms with Crippen LogP contribution in [0.4, 0.5) is 5.82 Å². The molecule has 0 saturated heterocycles. The van der Waals surface area contributed by atoms with Gasteiger partial charge in [0.05, 0.1) is 5.69 Å². The quantitative estimate of drug-likeness (QED) is 0.786. The van der Waals surface area contributed by atoms with E-state index in [1.165, 1.54) is 5.56 Å². The molecule has 0 aliphatic carbocycles. The van der Waals surface area contributed by atoms with E-state index in [1.807, 2.05) is 12.1 Å². The Labute approximate surface area is 132 Å². The maximum Gasteiger partial charge on any atom is 0.207 e. The summed E-state index contributed by atoms with van der Waals surface area (Å²) in [4.78, 5) is 3.70. The summed E-state index contributed by atoms with van der Waals surface area (Å²) in [7, 11) is 0. The number of rotatable bonds is 7. The van der Waals surface area contributed by atoms with Crippen molar-refractivity contribution in [2.45, 2.75) is 40.0 Å². The Bertz CT molecular complexity index is 630. The zero-order valence-electron chi connectivity index (χ0n) is 13.6. The Hall–Kier alpha value is -2.35. The average molecular weight is 297 g/mol. The lowest BCUT2D eigenvalue weighted by Crippen LogP contribution is -2.26. The van der Waals surface area contributed by atoms with Gasteiger partial charge in [0.15, 0.2) is 5.82 Å². The lowest BCUT2D eigenvalue weighted by atomic mass is 10.2. The lowest BCUT2D eigenvalue weighted by Gasteiger charge is -2.20. The van der Waals surface area contributed by atoms with Crippen LogP contribution in [0.15, 0.2) is 24.3 Å². The Morgan fingerprint density at radius 1 is 1.05 bits per heavy atom. The van der Waals surface area contributed by atoms with Gasteiger partial charge in [-0.1, -0.05) is 32.9 Å². The van der Waals surface area contributed by atoms with Gasteiger partial charge in [-0.25, -0.2) is 0 Å². The van der Waals surface area contributed by atoms with Gasteiger partial charge in [0.1, 0.15) is 6.07 Å². The second kappa shape index (κ2) is 7.60. The summed E-state index contributed by atoms with van der Waals surface area (Å²) in [5, 5.41) is 18.2. The molecule has 0 spiro atoms. The molecule has 0 fully saturated rings. The van der Waals surface area contributed by atoms with Crippen LogP contribution in [0.1, 0.15) is 44.9 Å². The third-order valence-electron chi connectivity index (χ3n) is 3.56. The molecule has 0 aliphatic heterocycles. The van der Waals surface area contributed by atoms with Gasteiger partial charge >= 0.3 is 0 Å². The van der Waals surface area contributed by atoms with Crippen LogP contribution >= 0.6 is 0 Å². The van der Waals surface area contributed by atoms with E-state index >= 15 is 0 Å². The number of nitrogens with zero attached hydrogens (tertiary/aromatic N) is 5. The third kappa shape index (κ3) is 3.45. The molecule has 1 aromatic carbocycles. The molecule has 0 atom stereocenters. The number of hydrogen-bond acceptors (Lipinski definition) is 4. The molecule has 2 rings (SSSR count). The van der Waals surface area contributed by atoms with Crippen LogP contribution in [0.5, 0.6) is 0 Å². The minimum Gasteiger partial charge on any atom is -0.353 e. The molecule has 1 heterocycles. The Kier molecular flexibility index (Phi) is 5.54. The fraction of sp³-hybridized carbons (Fsp3) is 0.471. The highest BCUT2D eigenvalue weighted by atomic mass is 15.5. The van der Waals surface area contributed by atoms with Gasteiger partial charge in [-0.15, -0.1) is 15.0 Å². The normalized spacial score (nSPS) is 10.5. The summed E-state index contributed by atoms with van der Waals surface area (Å²) in [6.07, 6.45) is 3.04. The molecule has 22 heavy (non-hydrogen) atoms. The highest BCUT2D eigenvalue weighted by Gasteiger charge is 2.17. The van der Waals surface area contributed by atoms with Gasteiger partial charge in [-0.05, 0) is 37.0 Å². The monoisotopic (exact) mass is 297 g/mol. The highest BCUT2D eigenvalue weighted by molar-refractivity contribution is 5.50. The SMILES string of the molecule is CCCN(CCC)c1nn(-c2ccc(CC)cc2)nc1C#N. The molecule has 5 heteroatoms. The van der Waals surface area contributed by atoms with Crippen molar-refractivity contribution in [1.29, 1.82) is 5.26 Å². The van der Waals surface area contributed by atoms with Gasteiger partial charge in [-0.3, -0.25) is 0 Å². The first kappa shape index (κ1) is 16.0. The Morgan fingerprint density at radius 2 is 1.68 bits per heavy atom. The summed E-state index contributed by atoms with van der Waals surface area (Å²) in [6, 6.07) is 10.3. The van der Waals surface area contributed by atoms with Crippen molar-refractivity contribution in [2.24, 2.45) is 0 Å². The van der Waals surface area contributed by atoms with E-state index < -0.39 is 0 Å². The van der Waals surface area contributed by atoms with Crippen molar-refractivity contribution in [3.63, 3.8) is 0 Å². The zero-order chi connectivity index (χ0) is 15.9. The van der Waals surface area contributed by atoms with Crippen LogP contribution in [0.3, 0.4) is 0 Å². The van der Waals surface area contributed by atoms with Crippen LogP contribution in [-0.4, -0.2) is 28.1 Å². The molecule has 116 valence electrons. The maximum atomic E-state index is 9.35. The fourth-order valence-electron chi connectivity index (χ4n) is 2.43. The van der Waals surface area contributed by atoms with E-state index in [4.69, 9.17) is 0 Å². The van der Waals surface area contributed by atoms with E-state index in [2.05, 4.69) is 54.1 Å². The van der Waals surface area contributed by atoms with Gasteiger partial charge in [0.25, 0.3) is 0 Å². The number of benzene rings is 1. The third-order valence-corrected chi connectivity index (χ3v) is 3.56. The molecule has 0 saturated carbocycles. The Morgan fingerprint density at radius 3 is 2.18 bits per heavy atom. The average Bonchev–Trinajstić information content (AvgIpc) is 2.99. The van der Waals surface area contributed by atoms with Crippen molar-refractivity contribution >= 4 is 5.82 Å². The summed E-state index contributed by atoms with van der Waals surface area (Å²) in [5.74, 6) is 0.686. The fourth-order valence-corrected chi connectivity index (χ4v) is 2.43. The van der Waals surface area contributed by atoms with Gasteiger partial charge < -0.3 is 4.90 Å². The van der Waals surface area contributed by atoms with E-state index in [0.29, 0.717) is 11.5 Å². The predicted molar refractivity (Wildman–Crippen MR) is 88.2 cm³/mol. The van der Waals surface area contributed by atoms with Crippen molar-refractivity contribution in [3.8, 4) is 11.8 Å². The van der Waals surface area contributed by atoms with E-state index in [9.17, 15) is 5.26 Å². The van der Waals surface area contributed by atoms with Crippen LogP contribution in [0.2, 0.25) is 0 Å². The topological polar surface area (TPSA) is 57.7 Å². The molecule has 0 bridgehead atoms. The smallest absolute Gasteiger partial charge is 0.207 e. The lowest BCUT2D eigenvalue weighted by molar-refractivity contribution is 0.708. The van der Waals surface area contributed by atoms with E-state index in [1.54, 1.807) is 4.80 Å². The van der Waals surface area contributed by atoms with Crippen molar-refractivity contribution < 1.29 is 0 Å². The van der Waals surface area contributed by atoms with E-state index in [0.717, 1.165) is 38.0 Å². The van der Waals surface area contributed by atoms with Crippen LogP contribution in [0, 0.1) is 11.3 Å². The zero-order valence-corrected chi connectivity index (χ0v) is 13.6. The molecule has 0 radical (unpaired) electrons. The number of nitriles is 1. The molecule has 1 aromatic heterocycles. The summed E-state index contributed by atoms with van der Waals surface area (Å²) in [5.41, 5.74) is 2.55. The molecule has 0 amide bonds. The molecule has 0 N–H and O–H groups in total. The second-order valence-corrected chi connectivity index (χ2v) is 5.28. The number of anilines is 1. The molecule has 0 unspecified atom stereocenters. The van der Waals surface area contributed by atoms with Gasteiger partial charge in [0, 0.05) is 13.1 Å². The number of hydrogen-bond donors (Lipinski definition) is 0. The Balaban J connectivity index is 2.36. The van der Waals surface area contributed by atoms with Crippen molar-refractivity contribution in [1.82, 2.24) is 15.0 Å². The molecule has 0 aliphatic rings. The summed E-state index contributed by atoms with van der Waals surface area (Å²) < 4.78 is 0.